The number of benzene rings is 1. The summed E-state index contributed by atoms with van der Waals surface area (Å²) in [7, 11) is 0. The van der Waals surface area contributed by atoms with Crippen LogP contribution in [0.15, 0.2) is 41.2 Å². The molecule has 262 valence electrons. The Hall–Kier alpha value is -4.65. The van der Waals surface area contributed by atoms with Gasteiger partial charge in [-0.1, -0.05) is 25.1 Å². The highest BCUT2D eigenvalue weighted by Crippen LogP contribution is 2.41. The van der Waals surface area contributed by atoms with E-state index in [-0.39, 0.29) is 56.1 Å². The Morgan fingerprint density at radius 1 is 1.14 bits per heavy atom. The molecule has 6 N–H and O–H groups in total. The maximum absolute atomic E-state index is 13.7. The van der Waals surface area contributed by atoms with Gasteiger partial charge in [-0.2, -0.15) is 0 Å². The number of aliphatic hydroxyl groups is 3. The number of amides is 2. The Morgan fingerprint density at radius 2 is 1.94 bits per heavy atom. The Labute approximate surface area is 278 Å². The van der Waals surface area contributed by atoms with E-state index < -0.39 is 61.1 Å². The van der Waals surface area contributed by atoms with Crippen LogP contribution in [0.5, 0.6) is 0 Å². The number of aliphatic hydroxyl groups excluding tert-OH is 3. The number of carbonyl (C=O) groups is 3. The molecule has 0 bridgehead atoms. The van der Waals surface area contributed by atoms with Crippen molar-refractivity contribution in [3.63, 3.8) is 0 Å². The van der Waals surface area contributed by atoms with Gasteiger partial charge >= 0.3 is 18.2 Å². The van der Waals surface area contributed by atoms with E-state index in [1.165, 1.54) is 0 Å². The number of nitrogens with two attached hydrogens (primary N) is 1. The van der Waals surface area contributed by atoms with Gasteiger partial charge in [0, 0.05) is 23.1 Å². The summed E-state index contributed by atoms with van der Waals surface area (Å²) >= 11 is 0. The van der Waals surface area contributed by atoms with Crippen LogP contribution in [-0.2, 0) is 52.0 Å². The zero-order chi connectivity index (χ0) is 34.9. The van der Waals surface area contributed by atoms with Gasteiger partial charge in [-0.15, -0.1) is 0 Å². The molecule has 0 unspecified atom stereocenters. The highest BCUT2D eigenvalue weighted by Gasteiger charge is 2.51. The van der Waals surface area contributed by atoms with E-state index in [0.29, 0.717) is 17.9 Å². The van der Waals surface area contributed by atoms with E-state index >= 15 is 0 Å². The fraction of sp³-hybridized carbons (Fsp3) is 0.469. The lowest BCUT2D eigenvalue weighted by Crippen LogP contribution is -2.60. The first-order chi connectivity index (χ1) is 23.6. The number of rotatable bonds is 11. The third-order valence-electron chi connectivity index (χ3n) is 8.75. The first-order valence-electron chi connectivity index (χ1n) is 15.7. The number of ether oxygens (including phenoxy) is 6. The maximum Gasteiger partial charge on any atom is 0.408 e. The second kappa shape index (κ2) is 14.1. The molecule has 2 aromatic heterocycles. The van der Waals surface area contributed by atoms with Crippen LogP contribution < -0.4 is 16.6 Å². The van der Waals surface area contributed by atoms with Gasteiger partial charge in [0.1, 0.15) is 24.9 Å². The molecule has 0 saturated carbocycles. The van der Waals surface area contributed by atoms with Crippen molar-refractivity contribution in [1.82, 2.24) is 14.9 Å². The van der Waals surface area contributed by atoms with Crippen LogP contribution in [0.4, 0.5) is 9.59 Å². The Balaban J connectivity index is 1.06. The topological polar surface area (TPSA) is 240 Å². The van der Waals surface area contributed by atoms with E-state index in [1.54, 1.807) is 17.6 Å². The normalized spacial score (nSPS) is 25.6. The van der Waals surface area contributed by atoms with Crippen molar-refractivity contribution in [2.24, 2.45) is 5.73 Å². The second-order valence-electron chi connectivity index (χ2n) is 11.7. The number of aromatic nitrogens is 2. The number of para-hydroxylation sites is 1. The van der Waals surface area contributed by atoms with Gasteiger partial charge in [-0.05, 0) is 24.6 Å². The van der Waals surface area contributed by atoms with Crippen LogP contribution in [0.1, 0.15) is 30.0 Å². The number of nitrogens with zero attached hydrogens (tertiary/aromatic N) is 2. The summed E-state index contributed by atoms with van der Waals surface area (Å²) in [5, 5.41) is 33.4. The number of hydrogen-bond acceptors (Lipinski definition) is 14. The lowest BCUT2D eigenvalue weighted by atomic mass is 9.85. The van der Waals surface area contributed by atoms with Crippen molar-refractivity contribution in [2.75, 3.05) is 33.0 Å². The number of hydrogen-bond donors (Lipinski definition) is 5. The number of nitrogens with one attached hydrogen (secondary N) is 1. The minimum Gasteiger partial charge on any atom is -0.457 e. The smallest absolute Gasteiger partial charge is 0.408 e. The number of carbonyl (C=O) groups excluding carboxylic acids is 3. The van der Waals surface area contributed by atoms with Crippen LogP contribution in [0.2, 0.25) is 0 Å². The molecule has 3 aromatic rings. The van der Waals surface area contributed by atoms with Gasteiger partial charge in [-0.25, -0.2) is 19.4 Å². The molecule has 3 aliphatic heterocycles. The van der Waals surface area contributed by atoms with Crippen LogP contribution in [0, 0.1) is 0 Å². The predicted octanol–water partition coefficient (Wildman–Crippen LogP) is -0.250. The van der Waals surface area contributed by atoms with Gasteiger partial charge in [0.2, 0.25) is 5.60 Å². The third kappa shape index (κ3) is 6.43. The molecule has 6 atom stereocenters. The van der Waals surface area contributed by atoms with Crippen molar-refractivity contribution in [1.29, 1.82) is 0 Å². The van der Waals surface area contributed by atoms with Gasteiger partial charge in [-0.3, -0.25) is 4.79 Å². The van der Waals surface area contributed by atoms with Gasteiger partial charge in [0.15, 0.2) is 12.4 Å². The van der Waals surface area contributed by atoms with Crippen molar-refractivity contribution in [2.45, 2.75) is 62.8 Å². The Morgan fingerprint density at radius 3 is 2.69 bits per heavy atom. The summed E-state index contributed by atoms with van der Waals surface area (Å²) in [6.45, 7) is 0.847. The number of primary amides is 1. The maximum atomic E-state index is 13.7. The number of pyridine rings is 2. The van der Waals surface area contributed by atoms with E-state index in [4.69, 9.17) is 39.1 Å². The van der Waals surface area contributed by atoms with Crippen molar-refractivity contribution >= 4 is 29.1 Å². The van der Waals surface area contributed by atoms with Gasteiger partial charge < -0.3 is 59.4 Å². The largest absolute Gasteiger partial charge is 0.457 e. The lowest BCUT2D eigenvalue weighted by Gasteiger charge is -2.40. The Kier molecular flexibility index (Phi) is 9.82. The number of cyclic esters (lactones) is 1. The molecule has 1 fully saturated rings. The van der Waals surface area contributed by atoms with Crippen molar-refractivity contribution in [3.8, 4) is 11.4 Å². The van der Waals surface area contributed by atoms with E-state index in [2.05, 4.69) is 5.32 Å². The SMILES string of the molecule is CC[C@@]1(OC(=O)NCCOCCO[C@H]2O[C@H](CO)[C@@H](O)[C@H](OC(N)=O)[C@@H]2O)C(=O)OCc2c1cc1n(c2=O)Cc2cc3ccccc3nc2-1. The standard InChI is InChI=1S/C32H36N4O13/c1-2-32(49-31(43)34-7-8-44-9-10-45-28-25(39)26(48-30(33)42)24(38)22(14-37)47-28)19-12-21-23-17(11-16-5-3-4-6-20(16)35-23)13-36(21)27(40)18(19)15-46-29(32)41/h3-6,11-12,22,24-26,28,37-39H,2,7-10,13-15H2,1H3,(H2,33,42)(H,34,43)/t22-,24-,25+,26+,28+,32+/m1/s1. The van der Waals surface area contributed by atoms with Gasteiger partial charge in [0.05, 0.1) is 55.4 Å². The van der Waals surface area contributed by atoms with Crippen LogP contribution in [-0.4, -0.2) is 107 Å². The molecule has 1 aromatic carbocycles. The average Bonchev–Trinajstić information content (AvgIpc) is 3.44. The Bertz CT molecular complexity index is 1820. The minimum absolute atomic E-state index is 0.00438. The quantitative estimate of drug-likeness (QED) is 0.0778. The molecule has 1 saturated heterocycles. The van der Waals surface area contributed by atoms with E-state index in [1.807, 2.05) is 30.3 Å². The van der Waals surface area contributed by atoms with Crippen molar-refractivity contribution in [3.05, 3.63) is 63.4 Å². The van der Waals surface area contributed by atoms with E-state index in [0.717, 1.165) is 16.5 Å². The first kappa shape index (κ1) is 34.2. The molecule has 3 aliphatic rings. The first-order valence-corrected chi connectivity index (χ1v) is 15.7. The zero-order valence-corrected chi connectivity index (χ0v) is 26.4. The molecule has 2 amide bonds. The van der Waals surface area contributed by atoms with Gasteiger partial charge in [0.25, 0.3) is 5.56 Å². The molecule has 5 heterocycles. The summed E-state index contributed by atoms with van der Waals surface area (Å²) in [5.74, 6) is -0.799. The van der Waals surface area contributed by atoms with E-state index in [9.17, 15) is 34.5 Å². The zero-order valence-electron chi connectivity index (χ0n) is 26.4. The van der Waals surface area contributed by atoms with Crippen LogP contribution in [0.25, 0.3) is 22.3 Å². The average molecular weight is 685 g/mol. The molecule has 17 heteroatoms. The van der Waals surface area contributed by atoms with Crippen LogP contribution in [0.3, 0.4) is 0 Å². The molecule has 0 aliphatic carbocycles. The number of alkyl carbamates (subject to hydrolysis) is 1. The molecular weight excluding hydrogens is 648 g/mol. The van der Waals surface area contributed by atoms with Crippen molar-refractivity contribution < 1.29 is 58.1 Å². The summed E-state index contributed by atoms with van der Waals surface area (Å²) in [4.78, 5) is 55.8. The molecule has 17 nitrogen and oxygen atoms in total. The number of fused-ring (bicyclic) bond motifs is 5. The monoisotopic (exact) mass is 684 g/mol. The number of esters is 1. The lowest BCUT2D eigenvalue weighted by molar-refractivity contribution is -0.301. The molecule has 0 radical (unpaired) electrons. The minimum atomic E-state index is -1.88. The molecular formula is C32H36N4O13. The second-order valence-corrected chi connectivity index (χ2v) is 11.7. The highest BCUT2D eigenvalue weighted by atomic mass is 16.7. The summed E-state index contributed by atoms with van der Waals surface area (Å²) < 4.78 is 33.6. The molecule has 0 spiro atoms. The summed E-state index contributed by atoms with van der Waals surface area (Å²) in [6.07, 6.45) is -9.39. The fourth-order valence-electron chi connectivity index (χ4n) is 6.29. The van der Waals surface area contributed by atoms with Crippen LogP contribution >= 0.6 is 0 Å². The highest BCUT2D eigenvalue weighted by molar-refractivity contribution is 5.88. The summed E-state index contributed by atoms with van der Waals surface area (Å²) in [6, 6.07) is 11.3. The molecule has 49 heavy (non-hydrogen) atoms. The molecule has 6 rings (SSSR count). The third-order valence-corrected chi connectivity index (χ3v) is 8.75. The summed E-state index contributed by atoms with van der Waals surface area (Å²) in [5.41, 5.74) is 5.97. The fourth-order valence-corrected chi connectivity index (χ4v) is 6.29. The predicted molar refractivity (Wildman–Crippen MR) is 166 cm³/mol.